The first-order valence-corrected chi connectivity index (χ1v) is 8.35. The SMILES string of the molecule is CC1(C)COc2ccc(C(Cl)c3ccc(Br)cc3Cl)cc21. The molecule has 1 aliphatic heterocycles. The van der Waals surface area contributed by atoms with E-state index >= 15 is 0 Å². The van der Waals surface area contributed by atoms with E-state index in [-0.39, 0.29) is 10.8 Å². The van der Waals surface area contributed by atoms with Crippen LogP contribution in [0.4, 0.5) is 0 Å². The highest BCUT2D eigenvalue weighted by molar-refractivity contribution is 9.10. The topological polar surface area (TPSA) is 9.23 Å². The molecule has 0 spiro atoms. The van der Waals surface area contributed by atoms with Gasteiger partial charge in [0.1, 0.15) is 5.75 Å². The van der Waals surface area contributed by atoms with Crippen molar-refractivity contribution in [3.63, 3.8) is 0 Å². The van der Waals surface area contributed by atoms with Crippen LogP contribution in [0.15, 0.2) is 40.9 Å². The molecule has 1 aliphatic rings. The summed E-state index contributed by atoms with van der Waals surface area (Å²) >= 11 is 16.4. The van der Waals surface area contributed by atoms with E-state index in [0.717, 1.165) is 21.3 Å². The predicted octanol–water partition coefficient (Wildman–Crippen LogP) is 6.10. The molecule has 0 fully saturated rings. The number of hydrogen-bond acceptors (Lipinski definition) is 1. The highest BCUT2D eigenvalue weighted by Gasteiger charge is 2.32. The van der Waals surface area contributed by atoms with E-state index in [1.807, 2.05) is 30.3 Å². The van der Waals surface area contributed by atoms with Crippen molar-refractivity contribution in [2.24, 2.45) is 0 Å². The maximum absolute atomic E-state index is 6.64. The lowest BCUT2D eigenvalue weighted by atomic mass is 9.85. The Morgan fingerprint density at radius 2 is 1.95 bits per heavy atom. The largest absolute Gasteiger partial charge is 0.492 e. The van der Waals surface area contributed by atoms with E-state index in [0.29, 0.717) is 11.6 Å². The molecular weight excluding hydrogens is 371 g/mol. The molecule has 4 heteroatoms. The molecule has 1 heterocycles. The second-order valence-corrected chi connectivity index (χ2v) is 7.72. The molecule has 0 saturated carbocycles. The Morgan fingerprint density at radius 3 is 2.67 bits per heavy atom. The van der Waals surface area contributed by atoms with Crippen LogP contribution in [0.3, 0.4) is 0 Å². The number of hydrogen-bond donors (Lipinski definition) is 0. The zero-order valence-corrected chi connectivity index (χ0v) is 14.9. The molecule has 0 aliphatic carbocycles. The summed E-state index contributed by atoms with van der Waals surface area (Å²) in [5.41, 5.74) is 3.18. The number of rotatable bonds is 2. The number of fused-ring (bicyclic) bond motifs is 1. The Balaban J connectivity index is 2.01. The molecule has 1 atom stereocenters. The smallest absolute Gasteiger partial charge is 0.123 e. The lowest BCUT2D eigenvalue weighted by Crippen LogP contribution is -2.18. The fraction of sp³-hybridized carbons (Fsp3) is 0.294. The Morgan fingerprint density at radius 1 is 1.19 bits per heavy atom. The van der Waals surface area contributed by atoms with Gasteiger partial charge in [0.2, 0.25) is 0 Å². The third kappa shape index (κ3) is 2.81. The summed E-state index contributed by atoms with van der Waals surface area (Å²) in [7, 11) is 0. The van der Waals surface area contributed by atoms with Crippen LogP contribution in [0, 0.1) is 0 Å². The molecule has 2 aromatic carbocycles. The number of ether oxygens (including phenoxy) is 1. The van der Waals surface area contributed by atoms with Crippen molar-refractivity contribution in [2.45, 2.75) is 24.6 Å². The number of halogens is 3. The minimum absolute atomic E-state index is 0.0193. The summed E-state index contributed by atoms with van der Waals surface area (Å²) in [5, 5.41) is 0.396. The van der Waals surface area contributed by atoms with Gasteiger partial charge in [0.25, 0.3) is 0 Å². The molecule has 1 nitrogen and oxygen atoms in total. The van der Waals surface area contributed by atoms with Gasteiger partial charge in [-0.1, -0.05) is 53.5 Å². The number of benzene rings is 2. The summed E-state index contributed by atoms with van der Waals surface area (Å²) in [6.45, 7) is 5.06. The van der Waals surface area contributed by atoms with Crippen LogP contribution < -0.4 is 4.74 Å². The highest BCUT2D eigenvalue weighted by atomic mass is 79.9. The van der Waals surface area contributed by atoms with Crippen molar-refractivity contribution >= 4 is 39.1 Å². The van der Waals surface area contributed by atoms with Crippen molar-refractivity contribution in [1.82, 2.24) is 0 Å². The Labute approximate surface area is 143 Å². The van der Waals surface area contributed by atoms with Crippen molar-refractivity contribution in [3.8, 4) is 5.75 Å². The van der Waals surface area contributed by atoms with E-state index in [1.165, 1.54) is 5.56 Å². The van der Waals surface area contributed by atoms with Crippen molar-refractivity contribution in [2.75, 3.05) is 6.61 Å². The molecule has 110 valence electrons. The minimum atomic E-state index is -0.271. The van der Waals surface area contributed by atoms with Gasteiger partial charge in [0.05, 0.1) is 12.0 Å². The van der Waals surface area contributed by atoms with Crippen molar-refractivity contribution in [1.29, 1.82) is 0 Å². The average Bonchev–Trinajstić information content (AvgIpc) is 2.74. The molecule has 0 radical (unpaired) electrons. The molecule has 0 saturated heterocycles. The zero-order chi connectivity index (χ0) is 15.2. The first-order valence-electron chi connectivity index (χ1n) is 6.75. The predicted molar refractivity (Wildman–Crippen MR) is 91.8 cm³/mol. The van der Waals surface area contributed by atoms with Gasteiger partial charge in [-0.15, -0.1) is 11.6 Å². The Hall–Kier alpha value is -0.700. The summed E-state index contributed by atoms with van der Waals surface area (Å²) in [5.74, 6) is 0.953. The summed E-state index contributed by atoms with van der Waals surface area (Å²) < 4.78 is 6.67. The summed E-state index contributed by atoms with van der Waals surface area (Å²) in [6, 6.07) is 11.9. The lowest BCUT2D eigenvalue weighted by Gasteiger charge is -2.18. The first-order chi connectivity index (χ1) is 9.88. The van der Waals surface area contributed by atoms with Crippen LogP contribution in [0.2, 0.25) is 5.02 Å². The molecule has 0 amide bonds. The highest BCUT2D eigenvalue weighted by Crippen LogP contribution is 2.42. The maximum atomic E-state index is 6.64. The van der Waals surface area contributed by atoms with Gasteiger partial charge >= 0.3 is 0 Å². The average molecular weight is 386 g/mol. The second kappa shape index (κ2) is 5.49. The summed E-state index contributed by atoms with van der Waals surface area (Å²) in [4.78, 5) is 0. The summed E-state index contributed by atoms with van der Waals surface area (Å²) in [6.07, 6.45) is 0. The first kappa shape index (κ1) is 15.2. The van der Waals surface area contributed by atoms with Gasteiger partial charge in [-0.05, 0) is 35.4 Å². The lowest BCUT2D eigenvalue weighted by molar-refractivity contribution is 0.291. The van der Waals surface area contributed by atoms with Gasteiger partial charge in [-0.25, -0.2) is 0 Å². The van der Waals surface area contributed by atoms with Crippen LogP contribution in [-0.2, 0) is 5.41 Å². The van der Waals surface area contributed by atoms with Crippen LogP contribution in [-0.4, -0.2) is 6.61 Å². The van der Waals surface area contributed by atoms with Crippen LogP contribution in [0.5, 0.6) is 5.75 Å². The third-order valence-electron chi connectivity index (χ3n) is 3.85. The van der Waals surface area contributed by atoms with Gasteiger partial charge in [0, 0.05) is 20.5 Å². The quantitative estimate of drug-likeness (QED) is 0.567. The second-order valence-electron chi connectivity index (χ2n) is 5.96. The Bertz CT molecular complexity index is 697. The van der Waals surface area contributed by atoms with E-state index < -0.39 is 0 Å². The van der Waals surface area contributed by atoms with Crippen molar-refractivity contribution in [3.05, 3.63) is 62.6 Å². The zero-order valence-electron chi connectivity index (χ0n) is 11.8. The molecule has 0 bridgehead atoms. The van der Waals surface area contributed by atoms with Gasteiger partial charge in [0.15, 0.2) is 0 Å². The monoisotopic (exact) mass is 384 g/mol. The molecule has 1 unspecified atom stereocenters. The van der Waals surface area contributed by atoms with Gasteiger partial charge in [-0.3, -0.25) is 0 Å². The molecule has 0 aromatic heterocycles. The van der Waals surface area contributed by atoms with Crippen LogP contribution in [0.25, 0.3) is 0 Å². The molecular formula is C17H15BrCl2O. The normalized spacial score (nSPS) is 17.2. The minimum Gasteiger partial charge on any atom is -0.492 e. The van der Waals surface area contributed by atoms with E-state index in [1.54, 1.807) is 0 Å². The van der Waals surface area contributed by atoms with Crippen LogP contribution >= 0.6 is 39.1 Å². The Kier molecular flexibility index (Phi) is 3.98. The third-order valence-corrected chi connectivity index (χ3v) is 5.16. The standard InChI is InChI=1S/C17H15BrCl2O/c1-17(2)9-21-15-6-3-10(7-13(15)17)16(20)12-5-4-11(18)8-14(12)19/h3-8,16H,9H2,1-2H3. The van der Waals surface area contributed by atoms with Crippen molar-refractivity contribution < 1.29 is 4.74 Å². The molecule has 2 aromatic rings. The van der Waals surface area contributed by atoms with Gasteiger partial charge < -0.3 is 4.74 Å². The molecule has 0 N–H and O–H groups in total. The van der Waals surface area contributed by atoms with Crippen LogP contribution in [0.1, 0.15) is 35.9 Å². The van der Waals surface area contributed by atoms with Gasteiger partial charge in [-0.2, -0.15) is 0 Å². The molecule has 3 rings (SSSR count). The maximum Gasteiger partial charge on any atom is 0.123 e. The number of alkyl halides is 1. The van der Waals surface area contributed by atoms with E-state index in [9.17, 15) is 0 Å². The van der Waals surface area contributed by atoms with E-state index in [2.05, 4.69) is 35.8 Å². The van der Waals surface area contributed by atoms with E-state index in [4.69, 9.17) is 27.9 Å². The fourth-order valence-corrected chi connectivity index (χ4v) is 3.75. The fourth-order valence-electron chi connectivity index (χ4n) is 2.58. The molecule has 21 heavy (non-hydrogen) atoms.